The summed E-state index contributed by atoms with van der Waals surface area (Å²) in [4.78, 5) is 13.4. The normalized spacial score (nSPS) is 19.1. The molecule has 0 aromatic carbocycles. The predicted molar refractivity (Wildman–Crippen MR) is 65.2 cm³/mol. The summed E-state index contributed by atoms with van der Waals surface area (Å²) in [6.07, 6.45) is 7.33. The molecule has 0 spiro atoms. The molecule has 0 saturated carbocycles. The first-order valence-electron chi connectivity index (χ1n) is 6.31. The van der Waals surface area contributed by atoms with E-state index in [1.54, 1.807) is 0 Å². The summed E-state index contributed by atoms with van der Waals surface area (Å²) in [7, 11) is 0. The number of rotatable bonds is 5. The highest BCUT2D eigenvalue weighted by Crippen LogP contribution is 2.19. The van der Waals surface area contributed by atoms with Crippen LogP contribution in [0, 0.1) is 5.92 Å². The molecule has 3 heteroatoms. The second-order valence-electron chi connectivity index (χ2n) is 4.31. The van der Waals surface area contributed by atoms with Crippen LogP contribution >= 0.6 is 0 Å². The molecule has 0 aliphatic carbocycles. The zero-order chi connectivity index (χ0) is 11.8. The molecule has 92 valence electrons. The topological polar surface area (TPSA) is 29.5 Å². The van der Waals surface area contributed by atoms with Gasteiger partial charge in [-0.25, -0.2) is 4.79 Å². The van der Waals surface area contributed by atoms with E-state index in [2.05, 4.69) is 11.8 Å². The Morgan fingerprint density at radius 2 is 2.06 bits per heavy atom. The lowest BCUT2D eigenvalue weighted by atomic mass is 9.94. The number of esters is 1. The van der Waals surface area contributed by atoms with Crippen molar-refractivity contribution in [3.8, 4) is 0 Å². The summed E-state index contributed by atoms with van der Waals surface area (Å²) < 4.78 is 4.82. The van der Waals surface area contributed by atoms with Crippen LogP contribution in [0.1, 0.15) is 33.1 Å². The van der Waals surface area contributed by atoms with Gasteiger partial charge in [-0.15, -0.1) is 0 Å². The molecule has 0 radical (unpaired) electrons. The lowest BCUT2D eigenvalue weighted by Gasteiger charge is -2.30. The maximum Gasteiger partial charge on any atom is 0.330 e. The molecule has 0 aromatic heterocycles. The van der Waals surface area contributed by atoms with Crippen molar-refractivity contribution in [3.05, 3.63) is 12.2 Å². The van der Waals surface area contributed by atoms with Crippen molar-refractivity contribution >= 4 is 5.97 Å². The minimum absolute atomic E-state index is 0.231. The molecule has 1 heterocycles. The first-order chi connectivity index (χ1) is 7.76. The molecule has 3 nitrogen and oxygen atoms in total. The van der Waals surface area contributed by atoms with Gasteiger partial charge in [0.05, 0.1) is 6.61 Å². The van der Waals surface area contributed by atoms with Gasteiger partial charge in [-0.3, -0.25) is 4.90 Å². The van der Waals surface area contributed by atoms with Crippen LogP contribution in [0.2, 0.25) is 0 Å². The molecule has 0 N–H and O–H groups in total. The van der Waals surface area contributed by atoms with Crippen molar-refractivity contribution in [1.82, 2.24) is 4.90 Å². The molecule has 0 bridgehead atoms. The number of nitrogens with zero attached hydrogens (tertiary/aromatic N) is 1. The first kappa shape index (κ1) is 13.2. The fourth-order valence-corrected chi connectivity index (χ4v) is 2.07. The Bertz CT molecular complexity index is 230. The summed E-state index contributed by atoms with van der Waals surface area (Å²) in [5, 5.41) is 0. The summed E-state index contributed by atoms with van der Waals surface area (Å²) in [5.41, 5.74) is 0. The van der Waals surface area contributed by atoms with Gasteiger partial charge in [-0.1, -0.05) is 19.4 Å². The second-order valence-corrected chi connectivity index (χ2v) is 4.31. The zero-order valence-corrected chi connectivity index (χ0v) is 10.4. The standard InChI is InChI=1S/C13H23NO2/c1-3-12-7-10-14(11-8-12)9-5-6-13(15)16-4-2/h5-6,12H,3-4,7-11H2,1-2H3/b6-5+. The number of hydrogen-bond donors (Lipinski definition) is 0. The molecule has 1 rings (SSSR count). The molecule has 0 amide bonds. The Labute approximate surface area is 98.5 Å². The fourth-order valence-electron chi connectivity index (χ4n) is 2.07. The SMILES string of the molecule is CCOC(=O)/C=C/CN1CCC(CC)CC1. The van der Waals surface area contributed by atoms with Crippen molar-refractivity contribution in [2.45, 2.75) is 33.1 Å². The van der Waals surface area contributed by atoms with Gasteiger partial charge < -0.3 is 4.74 Å². The number of likely N-dealkylation sites (tertiary alicyclic amines) is 1. The maximum absolute atomic E-state index is 11.1. The molecule has 1 aliphatic heterocycles. The van der Waals surface area contributed by atoms with Crippen LogP contribution < -0.4 is 0 Å². The third kappa shape index (κ3) is 4.79. The summed E-state index contributed by atoms with van der Waals surface area (Å²) in [6.45, 7) is 7.72. The highest BCUT2D eigenvalue weighted by atomic mass is 16.5. The van der Waals surface area contributed by atoms with Gasteiger partial charge in [0.1, 0.15) is 0 Å². The number of ether oxygens (including phenoxy) is 1. The van der Waals surface area contributed by atoms with E-state index in [4.69, 9.17) is 4.74 Å². The van der Waals surface area contributed by atoms with Gasteiger partial charge >= 0.3 is 5.97 Å². The minimum atomic E-state index is -0.231. The van der Waals surface area contributed by atoms with Crippen molar-refractivity contribution < 1.29 is 9.53 Å². The largest absolute Gasteiger partial charge is 0.463 e. The van der Waals surface area contributed by atoms with Crippen LogP contribution in [0.15, 0.2) is 12.2 Å². The number of hydrogen-bond acceptors (Lipinski definition) is 3. The highest BCUT2D eigenvalue weighted by molar-refractivity contribution is 5.81. The molecular formula is C13H23NO2. The first-order valence-corrected chi connectivity index (χ1v) is 6.31. The highest BCUT2D eigenvalue weighted by Gasteiger charge is 2.16. The number of carbonyl (C=O) groups is 1. The fraction of sp³-hybridized carbons (Fsp3) is 0.769. The Morgan fingerprint density at radius 3 is 2.62 bits per heavy atom. The van der Waals surface area contributed by atoms with E-state index in [0.717, 1.165) is 25.6 Å². The van der Waals surface area contributed by atoms with Crippen molar-refractivity contribution in [2.75, 3.05) is 26.2 Å². The molecule has 16 heavy (non-hydrogen) atoms. The maximum atomic E-state index is 11.1. The van der Waals surface area contributed by atoms with Gasteiger partial charge in [-0.2, -0.15) is 0 Å². The van der Waals surface area contributed by atoms with Gasteiger partial charge in [0.2, 0.25) is 0 Å². The van der Waals surface area contributed by atoms with E-state index in [0.29, 0.717) is 6.61 Å². The molecule has 0 aromatic rings. The summed E-state index contributed by atoms with van der Waals surface area (Å²) in [5.74, 6) is 0.677. The molecule has 0 atom stereocenters. The van der Waals surface area contributed by atoms with Crippen LogP contribution in [-0.4, -0.2) is 37.1 Å². The number of piperidine rings is 1. The van der Waals surface area contributed by atoms with Crippen LogP contribution in [0.5, 0.6) is 0 Å². The molecule has 1 aliphatic rings. The van der Waals surface area contributed by atoms with Crippen molar-refractivity contribution in [3.63, 3.8) is 0 Å². The van der Waals surface area contributed by atoms with Crippen LogP contribution in [-0.2, 0) is 9.53 Å². The predicted octanol–water partition coefficient (Wildman–Crippen LogP) is 2.23. The Balaban J connectivity index is 2.17. The molecular weight excluding hydrogens is 202 g/mol. The summed E-state index contributed by atoms with van der Waals surface area (Å²) in [6, 6.07) is 0. The van der Waals surface area contributed by atoms with Crippen LogP contribution in [0.3, 0.4) is 0 Å². The van der Waals surface area contributed by atoms with Gasteiger partial charge in [0, 0.05) is 12.6 Å². The number of carbonyl (C=O) groups excluding carboxylic acids is 1. The van der Waals surface area contributed by atoms with Gasteiger partial charge in [0.25, 0.3) is 0 Å². The van der Waals surface area contributed by atoms with Gasteiger partial charge in [0.15, 0.2) is 0 Å². The monoisotopic (exact) mass is 225 g/mol. The molecule has 0 unspecified atom stereocenters. The quantitative estimate of drug-likeness (QED) is 0.531. The van der Waals surface area contributed by atoms with E-state index in [1.165, 1.54) is 25.3 Å². The van der Waals surface area contributed by atoms with E-state index in [-0.39, 0.29) is 5.97 Å². The lowest BCUT2D eigenvalue weighted by Crippen LogP contribution is -2.33. The zero-order valence-electron chi connectivity index (χ0n) is 10.4. The van der Waals surface area contributed by atoms with Crippen LogP contribution in [0.25, 0.3) is 0 Å². The van der Waals surface area contributed by atoms with E-state index >= 15 is 0 Å². The molecule has 1 saturated heterocycles. The Hall–Kier alpha value is -0.830. The van der Waals surface area contributed by atoms with Crippen LogP contribution in [0.4, 0.5) is 0 Å². The molecule has 1 fully saturated rings. The van der Waals surface area contributed by atoms with Crippen molar-refractivity contribution in [2.24, 2.45) is 5.92 Å². The minimum Gasteiger partial charge on any atom is -0.463 e. The van der Waals surface area contributed by atoms with E-state index in [9.17, 15) is 4.79 Å². The summed E-state index contributed by atoms with van der Waals surface area (Å²) >= 11 is 0. The lowest BCUT2D eigenvalue weighted by molar-refractivity contribution is -0.137. The second kappa shape index (κ2) is 7.44. The third-order valence-corrected chi connectivity index (χ3v) is 3.19. The third-order valence-electron chi connectivity index (χ3n) is 3.19. The average molecular weight is 225 g/mol. The smallest absolute Gasteiger partial charge is 0.330 e. The van der Waals surface area contributed by atoms with Gasteiger partial charge in [-0.05, 0) is 38.8 Å². The van der Waals surface area contributed by atoms with E-state index < -0.39 is 0 Å². The van der Waals surface area contributed by atoms with Crippen molar-refractivity contribution in [1.29, 1.82) is 0 Å². The Morgan fingerprint density at radius 1 is 1.38 bits per heavy atom. The Kier molecular flexibility index (Phi) is 6.16. The van der Waals surface area contributed by atoms with E-state index in [1.807, 2.05) is 13.0 Å². The average Bonchev–Trinajstić information content (AvgIpc) is 2.30.